The topological polar surface area (TPSA) is 85.5 Å². The Kier molecular flexibility index (Phi) is 7.03. The van der Waals surface area contributed by atoms with Crippen LogP contribution in [0, 0.1) is 5.92 Å². The van der Waals surface area contributed by atoms with Crippen molar-refractivity contribution in [3.8, 4) is 16.3 Å². The average Bonchev–Trinajstić information content (AvgIpc) is 3.15. The Morgan fingerprint density at radius 2 is 2.18 bits per heavy atom. The average molecular weight is 402 g/mol. The second kappa shape index (κ2) is 9.68. The minimum atomic E-state index is -0.272. The molecule has 1 aliphatic rings. The van der Waals surface area contributed by atoms with E-state index in [2.05, 4.69) is 4.98 Å². The minimum absolute atomic E-state index is 0.0960. The fourth-order valence-electron chi connectivity index (χ4n) is 3.58. The molecule has 3 rings (SSSR count). The van der Waals surface area contributed by atoms with Crippen molar-refractivity contribution in [3.63, 3.8) is 0 Å². The van der Waals surface area contributed by atoms with Crippen LogP contribution in [0.5, 0.6) is 5.75 Å². The number of amides is 2. The van der Waals surface area contributed by atoms with Gasteiger partial charge in [-0.05, 0) is 44.2 Å². The number of benzene rings is 1. The zero-order chi connectivity index (χ0) is 19.9. The largest absolute Gasteiger partial charge is 0.493 e. The van der Waals surface area contributed by atoms with Crippen LogP contribution in [0.15, 0.2) is 29.6 Å². The number of thiazole rings is 1. The van der Waals surface area contributed by atoms with Gasteiger partial charge in [-0.3, -0.25) is 9.59 Å². The molecule has 1 atom stereocenters. The van der Waals surface area contributed by atoms with Crippen LogP contribution in [0.2, 0.25) is 0 Å². The third-order valence-corrected chi connectivity index (χ3v) is 5.90. The standard InChI is InChI=1S/C21H27N3O3S/c1-2-27-18-8-4-3-7-17(18)21-23-16(14-28-21)12-20(26)24-11-5-6-15(13-24)9-10-19(22)25/h3-4,7-8,14-15H,2,5-6,9-13H2,1H3,(H2,22,25). The number of ether oxygens (including phenoxy) is 1. The van der Waals surface area contributed by atoms with E-state index in [1.165, 1.54) is 11.3 Å². The highest BCUT2D eigenvalue weighted by Crippen LogP contribution is 2.32. The van der Waals surface area contributed by atoms with Crippen molar-refractivity contribution in [1.29, 1.82) is 0 Å². The van der Waals surface area contributed by atoms with Gasteiger partial charge in [0, 0.05) is 24.9 Å². The molecule has 0 saturated carbocycles. The van der Waals surface area contributed by atoms with E-state index in [0.29, 0.717) is 31.9 Å². The van der Waals surface area contributed by atoms with Crippen molar-refractivity contribution < 1.29 is 14.3 Å². The van der Waals surface area contributed by atoms with E-state index in [4.69, 9.17) is 10.5 Å². The summed E-state index contributed by atoms with van der Waals surface area (Å²) >= 11 is 1.53. The van der Waals surface area contributed by atoms with Crippen LogP contribution < -0.4 is 10.5 Å². The number of nitrogens with two attached hydrogens (primary N) is 1. The van der Waals surface area contributed by atoms with Crippen molar-refractivity contribution >= 4 is 23.2 Å². The van der Waals surface area contributed by atoms with Crippen LogP contribution in [-0.2, 0) is 16.0 Å². The third-order valence-electron chi connectivity index (χ3n) is 4.97. The lowest BCUT2D eigenvalue weighted by Crippen LogP contribution is -2.41. The molecule has 2 aromatic rings. The fourth-order valence-corrected chi connectivity index (χ4v) is 4.43. The zero-order valence-corrected chi connectivity index (χ0v) is 17.0. The van der Waals surface area contributed by atoms with Crippen LogP contribution in [-0.4, -0.2) is 41.4 Å². The van der Waals surface area contributed by atoms with Crippen LogP contribution in [0.4, 0.5) is 0 Å². The van der Waals surface area contributed by atoms with E-state index in [0.717, 1.165) is 47.8 Å². The molecule has 28 heavy (non-hydrogen) atoms. The Hall–Kier alpha value is -2.41. The summed E-state index contributed by atoms with van der Waals surface area (Å²) in [5.41, 5.74) is 6.99. The minimum Gasteiger partial charge on any atom is -0.493 e. The van der Waals surface area contributed by atoms with Crippen LogP contribution in [0.25, 0.3) is 10.6 Å². The molecule has 2 heterocycles. The summed E-state index contributed by atoms with van der Waals surface area (Å²) in [6, 6.07) is 7.83. The Balaban J connectivity index is 1.62. The predicted octanol–water partition coefficient (Wildman–Crippen LogP) is 3.26. The lowest BCUT2D eigenvalue weighted by molar-refractivity contribution is -0.132. The first-order chi connectivity index (χ1) is 13.6. The maximum atomic E-state index is 12.7. The molecule has 1 aromatic carbocycles. The highest BCUT2D eigenvalue weighted by atomic mass is 32.1. The number of para-hydroxylation sites is 1. The number of carbonyl (C=O) groups excluding carboxylic acids is 2. The first kappa shape index (κ1) is 20.3. The number of carbonyl (C=O) groups is 2. The molecular formula is C21H27N3O3S. The lowest BCUT2D eigenvalue weighted by Gasteiger charge is -2.32. The van der Waals surface area contributed by atoms with Gasteiger partial charge in [-0.25, -0.2) is 4.98 Å². The van der Waals surface area contributed by atoms with E-state index in [-0.39, 0.29) is 11.8 Å². The van der Waals surface area contributed by atoms with Crippen LogP contribution in [0.1, 0.15) is 38.3 Å². The summed E-state index contributed by atoms with van der Waals surface area (Å²) in [6.07, 6.45) is 3.47. The molecule has 150 valence electrons. The molecule has 0 spiro atoms. The number of primary amides is 1. The van der Waals surface area contributed by atoms with Gasteiger partial charge in [0.25, 0.3) is 0 Å². The van der Waals surface area contributed by atoms with E-state index in [1.54, 1.807) is 0 Å². The molecule has 2 N–H and O–H groups in total. The van der Waals surface area contributed by atoms with Gasteiger partial charge < -0.3 is 15.4 Å². The maximum absolute atomic E-state index is 12.7. The van der Waals surface area contributed by atoms with Gasteiger partial charge >= 0.3 is 0 Å². The molecule has 1 saturated heterocycles. The first-order valence-corrected chi connectivity index (χ1v) is 10.7. The quantitative estimate of drug-likeness (QED) is 0.736. The van der Waals surface area contributed by atoms with Crippen molar-refractivity contribution in [1.82, 2.24) is 9.88 Å². The van der Waals surface area contributed by atoms with E-state index in [1.807, 2.05) is 41.5 Å². The Bertz CT molecular complexity index is 821. The molecule has 6 nitrogen and oxygen atoms in total. The summed E-state index contributed by atoms with van der Waals surface area (Å²) in [5.74, 6) is 0.990. The third kappa shape index (κ3) is 5.32. The van der Waals surface area contributed by atoms with Gasteiger partial charge in [-0.15, -0.1) is 11.3 Å². The molecule has 2 amide bonds. The number of hydrogen-bond acceptors (Lipinski definition) is 5. The molecule has 0 bridgehead atoms. The molecule has 1 unspecified atom stereocenters. The molecule has 1 aliphatic heterocycles. The summed E-state index contributed by atoms with van der Waals surface area (Å²) in [6.45, 7) is 4.03. The second-order valence-corrected chi connectivity index (χ2v) is 7.96. The number of likely N-dealkylation sites (tertiary alicyclic amines) is 1. The van der Waals surface area contributed by atoms with E-state index in [9.17, 15) is 9.59 Å². The normalized spacial score (nSPS) is 16.8. The van der Waals surface area contributed by atoms with Gasteiger partial charge in [-0.1, -0.05) is 12.1 Å². The van der Waals surface area contributed by atoms with Crippen molar-refractivity contribution in [3.05, 3.63) is 35.3 Å². The Morgan fingerprint density at radius 3 is 2.96 bits per heavy atom. The van der Waals surface area contributed by atoms with Crippen molar-refractivity contribution in [2.45, 2.75) is 39.0 Å². The maximum Gasteiger partial charge on any atom is 0.228 e. The van der Waals surface area contributed by atoms with Crippen LogP contribution in [0.3, 0.4) is 0 Å². The summed E-state index contributed by atoms with van der Waals surface area (Å²) < 4.78 is 5.69. The number of aromatic nitrogens is 1. The second-order valence-electron chi connectivity index (χ2n) is 7.10. The highest BCUT2D eigenvalue weighted by Gasteiger charge is 2.24. The molecule has 7 heteroatoms. The highest BCUT2D eigenvalue weighted by molar-refractivity contribution is 7.13. The van der Waals surface area contributed by atoms with Gasteiger partial charge in [0.1, 0.15) is 10.8 Å². The molecule has 0 radical (unpaired) electrons. The Labute approximate surface area is 169 Å². The van der Waals surface area contributed by atoms with E-state index >= 15 is 0 Å². The smallest absolute Gasteiger partial charge is 0.228 e. The number of rotatable bonds is 8. The summed E-state index contributed by atoms with van der Waals surface area (Å²) in [5, 5.41) is 2.81. The monoisotopic (exact) mass is 401 g/mol. The van der Waals surface area contributed by atoms with E-state index < -0.39 is 0 Å². The lowest BCUT2D eigenvalue weighted by atomic mass is 9.93. The van der Waals surface area contributed by atoms with Crippen molar-refractivity contribution in [2.24, 2.45) is 11.7 Å². The van der Waals surface area contributed by atoms with Gasteiger partial charge in [0.2, 0.25) is 11.8 Å². The van der Waals surface area contributed by atoms with Gasteiger partial charge in [0.05, 0.1) is 24.3 Å². The molecule has 1 fully saturated rings. The fraction of sp³-hybridized carbons (Fsp3) is 0.476. The zero-order valence-electron chi connectivity index (χ0n) is 16.2. The van der Waals surface area contributed by atoms with Gasteiger partial charge in [-0.2, -0.15) is 0 Å². The summed E-state index contributed by atoms with van der Waals surface area (Å²) in [7, 11) is 0. The SMILES string of the molecule is CCOc1ccccc1-c1nc(CC(=O)N2CCCC(CCC(N)=O)C2)cs1. The number of nitrogens with zero attached hydrogens (tertiary/aromatic N) is 2. The molecular weight excluding hydrogens is 374 g/mol. The Morgan fingerprint density at radius 1 is 1.36 bits per heavy atom. The molecule has 1 aromatic heterocycles. The first-order valence-electron chi connectivity index (χ1n) is 9.79. The number of hydrogen-bond donors (Lipinski definition) is 1. The predicted molar refractivity (Wildman–Crippen MR) is 110 cm³/mol. The molecule has 0 aliphatic carbocycles. The number of piperidine rings is 1. The van der Waals surface area contributed by atoms with Crippen molar-refractivity contribution in [2.75, 3.05) is 19.7 Å². The van der Waals surface area contributed by atoms with Gasteiger partial charge in [0.15, 0.2) is 0 Å². The summed E-state index contributed by atoms with van der Waals surface area (Å²) in [4.78, 5) is 30.3. The van der Waals surface area contributed by atoms with Crippen LogP contribution >= 0.6 is 11.3 Å².